The monoisotopic (exact) mass is 439 g/mol. The SMILES string of the molecule is CNc1cc(C2=CN(C(C)C)C3N=CC(F)=CC23)nc2c(C(=O)N[C@H]3CC[C@H]3O)cnn12. The first kappa shape index (κ1) is 20.6. The number of fused-ring (bicyclic) bond motifs is 2. The lowest BCUT2D eigenvalue weighted by Crippen LogP contribution is -2.50. The van der Waals surface area contributed by atoms with Crippen LogP contribution in [0.1, 0.15) is 42.7 Å². The van der Waals surface area contributed by atoms with Gasteiger partial charge >= 0.3 is 0 Å². The number of amides is 1. The molecule has 1 fully saturated rings. The van der Waals surface area contributed by atoms with Crippen molar-refractivity contribution in [1.82, 2.24) is 24.8 Å². The lowest BCUT2D eigenvalue weighted by molar-refractivity contribution is 0.0448. The molecule has 0 bridgehead atoms. The Morgan fingerprint density at radius 2 is 2.16 bits per heavy atom. The summed E-state index contributed by atoms with van der Waals surface area (Å²) in [4.78, 5) is 24.1. The van der Waals surface area contributed by atoms with Crippen molar-refractivity contribution >= 4 is 29.2 Å². The van der Waals surface area contributed by atoms with Gasteiger partial charge in [-0.25, -0.2) is 9.37 Å². The molecule has 0 spiro atoms. The van der Waals surface area contributed by atoms with Gasteiger partial charge in [-0.3, -0.25) is 9.79 Å². The molecule has 10 heteroatoms. The van der Waals surface area contributed by atoms with Crippen molar-refractivity contribution in [2.24, 2.45) is 10.9 Å². The maximum absolute atomic E-state index is 14.1. The first-order valence-corrected chi connectivity index (χ1v) is 10.8. The van der Waals surface area contributed by atoms with Gasteiger partial charge in [0.25, 0.3) is 5.91 Å². The number of carbonyl (C=O) groups is 1. The van der Waals surface area contributed by atoms with Gasteiger partial charge in [-0.05, 0) is 32.8 Å². The van der Waals surface area contributed by atoms with E-state index >= 15 is 0 Å². The molecule has 3 N–H and O–H groups in total. The van der Waals surface area contributed by atoms with Crippen LogP contribution in [0.25, 0.3) is 11.2 Å². The van der Waals surface area contributed by atoms with Crippen molar-refractivity contribution in [3.05, 3.63) is 41.6 Å². The highest BCUT2D eigenvalue weighted by Crippen LogP contribution is 2.40. The van der Waals surface area contributed by atoms with Crippen LogP contribution in [0.5, 0.6) is 0 Å². The van der Waals surface area contributed by atoms with E-state index in [1.807, 2.05) is 12.3 Å². The van der Waals surface area contributed by atoms with Crippen LogP contribution in [0.3, 0.4) is 0 Å². The minimum Gasteiger partial charge on any atom is -0.391 e. The van der Waals surface area contributed by atoms with Crippen LogP contribution in [0.2, 0.25) is 0 Å². The van der Waals surface area contributed by atoms with Crippen molar-refractivity contribution in [2.75, 3.05) is 12.4 Å². The number of halogens is 1. The fraction of sp³-hybridized carbons (Fsp3) is 0.455. The number of anilines is 1. The number of rotatable bonds is 5. The molecule has 3 aliphatic rings. The summed E-state index contributed by atoms with van der Waals surface area (Å²) in [5, 5.41) is 20.1. The van der Waals surface area contributed by atoms with Crippen LogP contribution in [0.15, 0.2) is 35.4 Å². The first-order chi connectivity index (χ1) is 15.4. The Morgan fingerprint density at radius 1 is 1.34 bits per heavy atom. The molecular formula is C22H26FN7O2. The van der Waals surface area contributed by atoms with Gasteiger partial charge in [0.15, 0.2) is 5.65 Å². The van der Waals surface area contributed by atoms with Gasteiger partial charge in [0, 0.05) is 36.8 Å². The summed E-state index contributed by atoms with van der Waals surface area (Å²) >= 11 is 0. The molecule has 0 radical (unpaired) electrons. The highest BCUT2D eigenvalue weighted by molar-refractivity contribution is 6.00. The normalized spacial score (nSPS) is 26.6. The molecule has 1 amide bonds. The third kappa shape index (κ3) is 3.26. The van der Waals surface area contributed by atoms with Crippen molar-refractivity contribution < 1.29 is 14.3 Å². The second-order valence-electron chi connectivity index (χ2n) is 8.69. The number of allylic oxidation sites excluding steroid dienone is 1. The van der Waals surface area contributed by atoms with E-state index in [1.165, 1.54) is 12.4 Å². The zero-order chi connectivity index (χ0) is 22.6. The third-order valence-electron chi connectivity index (χ3n) is 6.38. The summed E-state index contributed by atoms with van der Waals surface area (Å²) in [6.07, 6.45) is 6.96. The van der Waals surface area contributed by atoms with Crippen LogP contribution < -0.4 is 10.6 Å². The summed E-state index contributed by atoms with van der Waals surface area (Å²) in [5.41, 5.74) is 2.17. The van der Waals surface area contributed by atoms with Gasteiger partial charge in [0.2, 0.25) is 0 Å². The lowest BCUT2D eigenvalue weighted by Gasteiger charge is -2.32. The fourth-order valence-corrected chi connectivity index (χ4v) is 4.41. The van der Waals surface area contributed by atoms with Gasteiger partial charge < -0.3 is 20.6 Å². The lowest BCUT2D eigenvalue weighted by atomic mass is 9.89. The summed E-state index contributed by atoms with van der Waals surface area (Å²) in [6, 6.07) is 1.76. The Bertz CT molecular complexity index is 1170. The Labute approximate surface area is 184 Å². The number of aliphatic hydroxyl groups excluding tert-OH is 1. The first-order valence-electron chi connectivity index (χ1n) is 10.8. The van der Waals surface area contributed by atoms with Crippen LogP contribution >= 0.6 is 0 Å². The van der Waals surface area contributed by atoms with Crippen molar-refractivity contribution in [2.45, 2.75) is 51.0 Å². The molecule has 4 heterocycles. The Hall–Kier alpha value is -3.27. The van der Waals surface area contributed by atoms with Gasteiger partial charge in [-0.2, -0.15) is 9.61 Å². The minimum atomic E-state index is -0.520. The molecule has 1 saturated carbocycles. The molecule has 2 aromatic rings. The van der Waals surface area contributed by atoms with Crippen molar-refractivity contribution in [3.8, 4) is 0 Å². The number of carbonyl (C=O) groups excluding carboxylic acids is 1. The maximum atomic E-state index is 14.1. The molecule has 2 aliphatic heterocycles. The van der Waals surface area contributed by atoms with Crippen LogP contribution in [-0.2, 0) is 0 Å². The summed E-state index contributed by atoms with van der Waals surface area (Å²) in [7, 11) is 1.77. The number of hydrogen-bond donors (Lipinski definition) is 3. The third-order valence-corrected chi connectivity index (χ3v) is 6.38. The van der Waals surface area contributed by atoms with E-state index in [9.17, 15) is 14.3 Å². The van der Waals surface area contributed by atoms with Crippen molar-refractivity contribution in [1.29, 1.82) is 0 Å². The molecule has 0 aromatic carbocycles. The molecule has 5 rings (SSSR count). The average molecular weight is 439 g/mol. The molecular weight excluding hydrogens is 413 g/mol. The number of dihydropyridines is 1. The molecule has 1 aliphatic carbocycles. The number of nitrogens with one attached hydrogen (secondary N) is 2. The number of aliphatic imine (C=N–C) groups is 1. The zero-order valence-electron chi connectivity index (χ0n) is 18.2. The molecule has 0 saturated heterocycles. The van der Waals surface area contributed by atoms with Gasteiger partial charge in [-0.15, -0.1) is 0 Å². The van der Waals surface area contributed by atoms with E-state index in [4.69, 9.17) is 4.98 Å². The Balaban J connectivity index is 1.57. The number of aromatic nitrogens is 3. The highest BCUT2D eigenvalue weighted by atomic mass is 19.1. The van der Waals surface area contributed by atoms with Crippen molar-refractivity contribution in [3.63, 3.8) is 0 Å². The van der Waals surface area contributed by atoms with Gasteiger partial charge in [-0.1, -0.05) is 0 Å². The predicted octanol–water partition coefficient (Wildman–Crippen LogP) is 1.97. The largest absolute Gasteiger partial charge is 0.391 e. The summed E-state index contributed by atoms with van der Waals surface area (Å²) < 4.78 is 15.7. The molecule has 2 unspecified atom stereocenters. The average Bonchev–Trinajstić information content (AvgIpc) is 3.37. The number of aliphatic hydroxyl groups is 1. The second kappa shape index (κ2) is 7.70. The van der Waals surface area contributed by atoms with E-state index < -0.39 is 6.10 Å². The predicted molar refractivity (Wildman–Crippen MR) is 119 cm³/mol. The number of hydrogen-bond acceptors (Lipinski definition) is 7. The van der Waals surface area contributed by atoms with E-state index in [2.05, 4.69) is 39.5 Å². The molecule has 9 nitrogen and oxygen atoms in total. The van der Waals surface area contributed by atoms with E-state index in [-0.39, 0.29) is 35.9 Å². The smallest absolute Gasteiger partial charge is 0.257 e. The molecule has 32 heavy (non-hydrogen) atoms. The summed E-state index contributed by atoms with van der Waals surface area (Å²) in [6.45, 7) is 4.12. The standard InChI is InChI=1S/C22H26FN7O2/c1-11(2)29-10-15(13-6-12(23)8-25-20(13)29)17-7-19(24-3)30-21(27-17)14(9-26-30)22(32)28-16-4-5-18(16)31/h6-11,13,16,18,20,24,31H,4-5H2,1-3H3,(H,28,32)/t13?,16-,18+,20?/m0/s1. The molecule has 168 valence electrons. The number of nitrogens with zero attached hydrogens (tertiary/aromatic N) is 5. The van der Waals surface area contributed by atoms with Crippen LogP contribution in [0, 0.1) is 5.92 Å². The van der Waals surface area contributed by atoms with E-state index in [0.29, 0.717) is 29.1 Å². The van der Waals surface area contributed by atoms with Gasteiger partial charge in [0.1, 0.15) is 23.4 Å². The Kier molecular flexibility index (Phi) is 4.96. The summed E-state index contributed by atoms with van der Waals surface area (Å²) in [5.74, 6) is -0.337. The fourth-order valence-electron chi connectivity index (χ4n) is 4.41. The topological polar surface area (TPSA) is 107 Å². The van der Waals surface area contributed by atoms with E-state index in [1.54, 1.807) is 17.6 Å². The minimum absolute atomic E-state index is 0.171. The highest BCUT2D eigenvalue weighted by Gasteiger charge is 2.38. The van der Waals surface area contributed by atoms with Crippen LogP contribution in [-0.4, -0.2) is 68.1 Å². The van der Waals surface area contributed by atoms with Gasteiger partial charge in [0.05, 0.1) is 30.3 Å². The zero-order valence-corrected chi connectivity index (χ0v) is 18.2. The molecule has 2 aromatic heterocycles. The van der Waals surface area contributed by atoms with Crippen LogP contribution in [0.4, 0.5) is 10.2 Å². The Morgan fingerprint density at radius 3 is 2.81 bits per heavy atom. The maximum Gasteiger partial charge on any atom is 0.257 e. The van der Waals surface area contributed by atoms with E-state index in [0.717, 1.165) is 12.0 Å². The quantitative estimate of drug-likeness (QED) is 0.658. The second-order valence-corrected chi connectivity index (χ2v) is 8.69. The molecule has 4 atom stereocenters.